The van der Waals surface area contributed by atoms with Crippen molar-refractivity contribution < 1.29 is 8.42 Å². The molecule has 0 aromatic heterocycles. The van der Waals surface area contributed by atoms with Gasteiger partial charge in [-0.05, 0) is 25.7 Å². The quantitative estimate of drug-likeness (QED) is 0.618. The number of fused-ring (bicyclic) bond motifs is 1. The molecule has 0 radical (unpaired) electrons. The van der Waals surface area contributed by atoms with Crippen molar-refractivity contribution in [1.82, 2.24) is 4.90 Å². The SMILES string of the molecule is CC(C)N1CC2CS(=O)(=O)CC2C1. The lowest BCUT2D eigenvalue weighted by molar-refractivity contribution is 0.263. The normalized spacial score (nSPS) is 38.4. The monoisotopic (exact) mass is 203 g/mol. The summed E-state index contributed by atoms with van der Waals surface area (Å²) in [7, 11) is -2.68. The molecule has 0 N–H and O–H groups in total. The second-order valence-electron chi connectivity index (χ2n) is 4.64. The smallest absolute Gasteiger partial charge is 0.150 e. The lowest BCUT2D eigenvalue weighted by atomic mass is 10.0. The molecule has 13 heavy (non-hydrogen) atoms. The predicted octanol–water partition coefficient (Wildman–Crippen LogP) is 0.371. The molecule has 0 aromatic rings. The standard InChI is InChI=1S/C9H17NO2S/c1-7(2)10-3-8-5-13(11,12)6-9(8)4-10/h7-9H,3-6H2,1-2H3. The van der Waals surface area contributed by atoms with Crippen LogP contribution in [-0.4, -0.2) is 44.0 Å². The number of sulfone groups is 1. The molecule has 2 unspecified atom stereocenters. The van der Waals surface area contributed by atoms with Gasteiger partial charge < -0.3 is 4.90 Å². The van der Waals surface area contributed by atoms with Crippen LogP contribution < -0.4 is 0 Å². The fourth-order valence-electron chi connectivity index (χ4n) is 2.49. The lowest BCUT2D eigenvalue weighted by Gasteiger charge is -2.20. The van der Waals surface area contributed by atoms with E-state index in [-0.39, 0.29) is 0 Å². The summed E-state index contributed by atoms with van der Waals surface area (Å²) in [5.74, 6) is 1.71. The number of hydrogen-bond acceptors (Lipinski definition) is 3. The Balaban J connectivity index is 2.05. The van der Waals surface area contributed by atoms with Gasteiger partial charge >= 0.3 is 0 Å². The van der Waals surface area contributed by atoms with Crippen LogP contribution in [0.2, 0.25) is 0 Å². The van der Waals surface area contributed by atoms with E-state index in [2.05, 4.69) is 18.7 Å². The van der Waals surface area contributed by atoms with Gasteiger partial charge in [-0.25, -0.2) is 8.42 Å². The average Bonchev–Trinajstić information content (AvgIpc) is 2.39. The van der Waals surface area contributed by atoms with E-state index in [0.29, 0.717) is 29.4 Å². The lowest BCUT2D eigenvalue weighted by Crippen LogP contribution is -2.30. The molecule has 76 valence electrons. The third-order valence-electron chi connectivity index (χ3n) is 3.27. The van der Waals surface area contributed by atoms with Crippen LogP contribution >= 0.6 is 0 Å². The van der Waals surface area contributed by atoms with E-state index in [9.17, 15) is 8.42 Å². The zero-order chi connectivity index (χ0) is 9.64. The van der Waals surface area contributed by atoms with Crippen molar-refractivity contribution in [2.24, 2.45) is 11.8 Å². The number of rotatable bonds is 1. The van der Waals surface area contributed by atoms with Crippen molar-refractivity contribution in [2.45, 2.75) is 19.9 Å². The van der Waals surface area contributed by atoms with Crippen LogP contribution in [0.5, 0.6) is 0 Å². The molecule has 0 aliphatic carbocycles. The Morgan fingerprint density at radius 2 is 1.62 bits per heavy atom. The van der Waals surface area contributed by atoms with Crippen LogP contribution in [0, 0.1) is 11.8 Å². The maximum Gasteiger partial charge on any atom is 0.150 e. The molecule has 0 saturated carbocycles. The summed E-state index contributed by atoms with van der Waals surface area (Å²) in [5.41, 5.74) is 0. The second kappa shape index (κ2) is 2.95. The van der Waals surface area contributed by atoms with Crippen molar-refractivity contribution in [1.29, 1.82) is 0 Å². The molecule has 0 amide bonds. The van der Waals surface area contributed by atoms with Gasteiger partial charge in [-0.3, -0.25) is 0 Å². The van der Waals surface area contributed by atoms with Crippen LogP contribution in [0.4, 0.5) is 0 Å². The Hall–Kier alpha value is -0.0900. The van der Waals surface area contributed by atoms with Gasteiger partial charge in [0.25, 0.3) is 0 Å². The summed E-state index contributed by atoms with van der Waals surface area (Å²) in [4.78, 5) is 2.39. The average molecular weight is 203 g/mol. The second-order valence-corrected chi connectivity index (χ2v) is 6.80. The third-order valence-corrected chi connectivity index (χ3v) is 5.14. The molecule has 2 saturated heterocycles. The Labute approximate surface area is 80.0 Å². The molecule has 2 heterocycles. The van der Waals surface area contributed by atoms with Crippen LogP contribution in [0.1, 0.15) is 13.8 Å². The van der Waals surface area contributed by atoms with E-state index >= 15 is 0 Å². The van der Waals surface area contributed by atoms with Crippen LogP contribution in [-0.2, 0) is 9.84 Å². The third kappa shape index (κ3) is 1.74. The van der Waals surface area contributed by atoms with Crippen LogP contribution in [0.3, 0.4) is 0 Å². The van der Waals surface area contributed by atoms with Crippen molar-refractivity contribution in [2.75, 3.05) is 24.6 Å². The first-order valence-electron chi connectivity index (χ1n) is 4.92. The molecular formula is C9H17NO2S. The Morgan fingerprint density at radius 3 is 2.00 bits per heavy atom. The summed E-state index contributed by atoms with van der Waals surface area (Å²) in [6, 6.07) is 0.563. The first kappa shape index (κ1) is 9.46. The Bertz CT molecular complexity index is 277. The molecule has 0 aromatic carbocycles. The molecule has 2 rings (SSSR count). The fourth-order valence-corrected chi connectivity index (χ4v) is 4.69. The number of likely N-dealkylation sites (tertiary alicyclic amines) is 1. The summed E-state index contributed by atoms with van der Waals surface area (Å²) in [6.45, 7) is 6.33. The molecular weight excluding hydrogens is 186 g/mol. The van der Waals surface area contributed by atoms with E-state index in [0.717, 1.165) is 13.1 Å². The molecule has 3 nitrogen and oxygen atoms in total. The van der Waals surface area contributed by atoms with Gasteiger partial charge in [0.05, 0.1) is 11.5 Å². The topological polar surface area (TPSA) is 37.4 Å². The molecule has 2 fully saturated rings. The molecule has 4 heteroatoms. The van der Waals surface area contributed by atoms with Gasteiger partial charge in [0.1, 0.15) is 0 Å². The van der Waals surface area contributed by atoms with Gasteiger partial charge in [0.15, 0.2) is 9.84 Å². The van der Waals surface area contributed by atoms with Crippen LogP contribution in [0.15, 0.2) is 0 Å². The fraction of sp³-hybridized carbons (Fsp3) is 1.00. The van der Waals surface area contributed by atoms with E-state index in [1.165, 1.54) is 0 Å². The minimum atomic E-state index is -2.68. The van der Waals surface area contributed by atoms with E-state index in [1.54, 1.807) is 0 Å². The minimum Gasteiger partial charge on any atom is -0.300 e. The highest BCUT2D eigenvalue weighted by atomic mass is 32.2. The zero-order valence-corrected chi connectivity index (χ0v) is 9.05. The first-order chi connectivity index (χ1) is 5.98. The highest BCUT2D eigenvalue weighted by Crippen LogP contribution is 2.33. The van der Waals surface area contributed by atoms with Gasteiger partial charge in [0.2, 0.25) is 0 Å². The van der Waals surface area contributed by atoms with Gasteiger partial charge in [-0.1, -0.05) is 0 Å². The summed E-state index contributed by atoms with van der Waals surface area (Å²) in [6.07, 6.45) is 0. The summed E-state index contributed by atoms with van der Waals surface area (Å²) < 4.78 is 22.6. The summed E-state index contributed by atoms with van der Waals surface area (Å²) in [5, 5.41) is 0. The van der Waals surface area contributed by atoms with Gasteiger partial charge in [-0.2, -0.15) is 0 Å². The van der Waals surface area contributed by atoms with Crippen molar-refractivity contribution in [3.8, 4) is 0 Å². The number of hydrogen-bond donors (Lipinski definition) is 0. The van der Waals surface area contributed by atoms with E-state index < -0.39 is 9.84 Å². The minimum absolute atomic E-state index is 0.424. The zero-order valence-electron chi connectivity index (χ0n) is 8.23. The molecule has 2 aliphatic heterocycles. The molecule has 0 spiro atoms. The Kier molecular flexibility index (Phi) is 2.15. The maximum atomic E-state index is 11.3. The van der Waals surface area contributed by atoms with E-state index in [4.69, 9.17) is 0 Å². The highest BCUT2D eigenvalue weighted by Gasteiger charge is 2.43. The molecule has 0 bridgehead atoms. The molecule has 2 aliphatic rings. The van der Waals surface area contributed by atoms with E-state index in [1.807, 2.05) is 0 Å². The van der Waals surface area contributed by atoms with Crippen molar-refractivity contribution in [3.63, 3.8) is 0 Å². The number of nitrogens with zero attached hydrogens (tertiary/aromatic N) is 1. The maximum absolute atomic E-state index is 11.3. The van der Waals surface area contributed by atoms with Crippen molar-refractivity contribution in [3.05, 3.63) is 0 Å². The Morgan fingerprint density at radius 1 is 1.15 bits per heavy atom. The first-order valence-corrected chi connectivity index (χ1v) is 6.74. The van der Waals surface area contributed by atoms with Gasteiger partial charge in [-0.15, -0.1) is 0 Å². The largest absolute Gasteiger partial charge is 0.300 e. The van der Waals surface area contributed by atoms with Gasteiger partial charge in [0, 0.05) is 19.1 Å². The van der Waals surface area contributed by atoms with Crippen LogP contribution in [0.25, 0.3) is 0 Å². The van der Waals surface area contributed by atoms with Crippen molar-refractivity contribution >= 4 is 9.84 Å². The summed E-state index contributed by atoms with van der Waals surface area (Å²) >= 11 is 0. The highest BCUT2D eigenvalue weighted by molar-refractivity contribution is 7.91. The molecule has 2 atom stereocenters. The predicted molar refractivity (Wildman–Crippen MR) is 52.3 cm³/mol.